The summed E-state index contributed by atoms with van der Waals surface area (Å²) >= 11 is 0. The molecule has 1 heterocycles. The van der Waals surface area contributed by atoms with Gasteiger partial charge in [0.05, 0.1) is 13.0 Å². The molecule has 44 heavy (non-hydrogen) atoms. The predicted molar refractivity (Wildman–Crippen MR) is 168 cm³/mol. The van der Waals surface area contributed by atoms with Gasteiger partial charge in [-0.25, -0.2) is 4.79 Å². The van der Waals surface area contributed by atoms with Gasteiger partial charge in [-0.1, -0.05) is 88.4 Å². The summed E-state index contributed by atoms with van der Waals surface area (Å²) in [4.78, 5) is 52.6. The van der Waals surface area contributed by atoms with Gasteiger partial charge >= 0.3 is 11.9 Å². The van der Waals surface area contributed by atoms with Crippen molar-refractivity contribution in [2.24, 2.45) is 17.8 Å². The first-order valence-corrected chi connectivity index (χ1v) is 15.1. The second kappa shape index (κ2) is 17.0. The largest absolute Gasteiger partial charge is 0.497 e. The molecule has 3 rings (SSSR count). The summed E-state index contributed by atoms with van der Waals surface area (Å²) in [5.74, 6) is -2.41. The highest BCUT2D eigenvalue weighted by Crippen LogP contribution is 2.20. The van der Waals surface area contributed by atoms with Crippen LogP contribution in [0.4, 0.5) is 0 Å². The van der Waals surface area contributed by atoms with Gasteiger partial charge in [0.2, 0.25) is 11.8 Å². The standard InChI is InChI=1S/C35H44N2O7/c1-23(2)20-31-35(41)43-30(24(3)14-15-26-10-7-6-8-11-26)12-9-13-32(38)37-29(21-27-16-18-28(42-5)19-17-27)33(39)36-22-25(4)34(40)44-31/h6-11,13-19,23-25,29-31H,12,20-22H2,1-5H3,(H,36,39)(H,37,38)/b13-9-,15-14+/t24-,25-,29-,30+,31+/m1/s1. The Kier molecular flexibility index (Phi) is 13.2. The van der Waals surface area contributed by atoms with Crippen LogP contribution in [0.1, 0.15) is 51.7 Å². The molecule has 2 N–H and O–H groups in total. The number of methoxy groups -OCH3 is 1. The minimum Gasteiger partial charge on any atom is -0.497 e. The molecule has 2 aromatic rings. The maximum atomic E-state index is 13.4. The molecule has 9 nitrogen and oxygen atoms in total. The molecule has 0 aromatic heterocycles. The number of amides is 2. The van der Waals surface area contributed by atoms with Gasteiger partial charge in [-0.2, -0.15) is 0 Å². The lowest BCUT2D eigenvalue weighted by atomic mass is 9.99. The van der Waals surface area contributed by atoms with E-state index in [1.807, 2.05) is 75.4 Å². The second-order valence-electron chi connectivity index (χ2n) is 11.6. The Bertz CT molecular complexity index is 1300. The Morgan fingerprint density at radius 2 is 1.66 bits per heavy atom. The zero-order chi connectivity index (χ0) is 32.1. The molecular formula is C35H44N2O7. The third kappa shape index (κ3) is 11.0. The lowest BCUT2D eigenvalue weighted by molar-refractivity contribution is -0.175. The zero-order valence-corrected chi connectivity index (χ0v) is 26.2. The number of nitrogens with one attached hydrogen (secondary N) is 2. The highest BCUT2D eigenvalue weighted by atomic mass is 16.6. The van der Waals surface area contributed by atoms with Crippen LogP contribution >= 0.6 is 0 Å². The fourth-order valence-corrected chi connectivity index (χ4v) is 4.62. The number of cyclic esters (lactones) is 2. The number of esters is 2. The van der Waals surface area contributed by atoms with E-state index in [2.05, 4.69) is 10.6 Å². The highest BCUT2D eigenvalue weighted by molar-refractivity contribution is 5.93. The van der Waals surface area contributed by atoms with Crippen LogP contribution in [0.5, 0.6) is 5.75 Å². The first-order valence-electron chi connectivity index (χ1n) is 15.1. The molecule has 1 aliphatic heterocycles. The zero-order valence-electron chi connectivity index (χ0n) is 26.2. The Morgan fingerprint density at radius 1 is 0.955 bits per heavy atom. The van der Waals surface area contributed by atoms with Crippen LogP contribution in [-0.4, -0.2) is 55.7 Å². The van der Waals surface area contributed by atoms with E-state index in [1.54, 1.807) is 32.2 Å². The Morgan fingerprint density at radius 3 is 2.32 bits per heavy atom. The molecule has 0 saturated carbocycles. The Labute approximate surface area is 260 Å². The average Bonchev–Trinajstić information content (AvgIpc) is 3.01. The van der Waals surface area contributed by atoms with E-state index in [-0.39, 0.29) is 37.6 Å². The van der Waals surface area contributed by atoms with Crippen molar-refractivity contribution in [2.45, 2.75) is 65.2 Å². The molecule has 0 aliphatic carbocycles. The van der Waals surface area contributed by atoms with Gasteiger partial charge in [-0.15, -0.1) is 0 Å². The molecule has 0 fully saturated rings. The van der Waals surface area contributed by atoms with E-state index < -0.39 is 47.9 Å². The molecule has 2 amide bonds. The van der Waals surface area contributed by atoms with E-state index in [9.17, 15) is 19.2 Å². The van der Waals surface area contributed by atoms with Gasteiger partial charge in [0, 0.05) is 25.3 Å². The molecule has 5 atom stereocenters. The smallest absolute Gasteiger partial charge is 0.347 e. The number of carbonyl (C=O) groups is 4. The van der Waals surface area contributed by atoms with Crippen molar-refractivity contribution in [3.05, 3.63) is 84.0 Å². The van der Waals surface area contributed by atoms with Gasteiger partial charge in [0.1, 0.15) is 17.9 Å². The maximum absolute atomic E-state index is 13.4. The first-order chi connectivity index (χ1) is 21.0. The Hall–Kier alpha value is -4.40. The minimum atomic E-state index is -1.10. The van der Waals surface area contributed by atoms with Crippen molar-refractivity contribution in [3.63, 3.8) is 0 Å². The molecule has 236 valence electrons. The predicted octanol–water partition coefficient (Wildman–Crippen LogP) is 4.65. The summed E-state index contributed by atoms with van der Waals surface area (Å²) in [6.45, 7) is 7.36. The summed E-state index contributed by atoms with van der Waals surface area (Å²) in [5.41, 5.74) is 1.82. The molecule has 1 aliphatic rings. The molecule has 0 unspecified atom stereocenters. The van der Waals surface area contributed by atoms with Crippen molar-refractivity contribution in [2.75, 3.05) is 13.7 Å². The molecule has 0 bridgehead atoms. The van der Waals surface area contributed by atoms with Crippen molar-refractivity contribution < 1.29 is 33.4 Å². The van der Waals surface area contributed by atoms with Crippen LogP contribution in [-0.2, 0) is 35.1 Å². The third-order valence-electron chi connectivity index (χ3n) is 7.31. The summed E-state index contributed by atoms with van der Waals surface area (Å²) < 4.78 is 16.8. The molecule has 0 saturated heterocycles. The topological polar surface area (TPSA) is 120 Å². The average molecular weight is 605 g/mol. The molecule has 9 heteroatoms. The van der Waals surface area contributed by atoms with E-state index in [0.29, 0.717) is 5.75 Å². The van der Waals surface area contributed by atoms with E-state index >= 15 is 0 Å². The van der Waals surface area contributed by atoms with Gasteiger partial charge in [0.15, 0.2) is 6.10 Å². The van der Waals surface area contributed by atoms with Crippen molar-refractivity contribution >= 4 is 29.8 Å². The summed E-state index contributed by atoms with van der Waals surface area (Å²) in [7, 11) is 1.57. The van der Waals surface area contributed by atoms with Gasteiger partial charge < -0.3 is 24.8 Å². The van der Waals surface area contributed by atoms with Crippen LogP contribution in [0.3, 0.4) is 0 Å². The number of hydrogen-bond acceptors (Lipinski definition) is 7. The van der Waals surface area contributed by atoms with Crippen LogP contribution in [0.25, 0.3) is 6.08 Å². The molecular weight excluding hydrogens is 560 g/mol. The number of carbonyl (C=O) groups excluding carboxylic acids is 4. The van der Waals surface area contributed by atoms with E-state index in [1.165, 1.54) is 6.08 Å². The lowest BCUT2D eigenvalue weighted by Crippen LogP contribution is -2.49. The fraction of sp³-hybridized carbons (Fsp3) is 0.429. The SMILES string of the molecule is COc1ccc(C[C@H]2NC(=O)/C=C\C[C@@H]([C@H](C)/C=C/c3ccccc3)OC(=O)[C@H](CC(C)C)OC(=O)[C@H](C)CNC2=O)cc1. The van der Waals surface area contributed by atoms with E-state index in [4.69, 9.17) is 14.2 Å². The Balaban J connectivity index is 1.88. The first kappa shape index (κ1) is 34.1. The minimum absolute atomic E-state index is 0.0319. The number of rotatable bonds is 8. The molecule has 2 aromatic carbocycles. The summed E-state index contributed by atoms with van der Waals surface area (Å²) in [6, 6.07) is 16.1. The normalized spacial score (nSPS) is 23.8. The second-order valence-corrected chi connectivity index (χ2v) is 11.6. The van der Waals surface area contributed by atoms with Crippen molar-refractivity contribution in [1.29, 1.82) is 0 Å². The van der Waals surface area contributed by atoms with Crippen LogP contribution in [0, 0.1) is 17.8 Å². The number of hydrogen-bond donors (Lipinski definition) is 2. The maximum Gasteiger partial charge on any atom is 0.347 e. The van der Waals surface area contributed by atoms with Gasteiger partial charge in [-0.05, 0) is 41.7 Å². The van der Waals surface area contributed by atoms with Crippen LogP contribution < -0.4 is 15.4 Å². The quantitative estimate of drug-likeness (QED) is 0.421. The lowest BCUT2D eigenvalue weighted by Gasteiger charge is -2.26. The summed E-state index contributed by atoms with van der Waals surface area (Å²) in [6.07, 6.45) is 5.87. The van der Waals surface area contributed by atoms with Gasteiger partial charge in [-0.3, -0.25) is 14.4 Å². The van der Waals surface area contributed by atoms with Gasteiger partial charge in [0.25, 0.3) is 0 Å². The van der Waals surface area contributed by atoms with E-state index in [0.717, 1.165) is 11.1 Å². The number of ether oxygens (including phenoxy) is 3. The molecule has 0 spiro atoms. The van der Waals surface area contributed by atoms with Crippen molar-refractivity contribution in [3.8, 4) is 5.75 Å². The monoisotopic (exact) mass is 604 g/mol. The fourth-order valence-electron chi connectivity index (χ4n) is 4.62. The molecule has 0 radical (unpaired) electrons. The van der Waals surface area contributed by atoms with Crippen LogP contribution in [0.2, 0.25) is 0 Å². The third-order valence-corrected chi connectivity index (χ3v) is 7.31. The number of benzene rings is 2. The highest BCUT2D eigenvalue weighted by Gasteiger charge is 2.31. The summed E-state index contributed by atoms with van der Waals surface area (Å²) in [5, 5.41) is 5.52. The van der Waals surface area contributed by atoms with Crippen molar-refractivity contribution in [1.82, 2.24) is 10.6 Å². The van der Waals surface area contributed by atoms with Crippen LogP contribution in [0.15, 0.2) is 72.8 Å².